The smallest absolute Gasteiger partial charge is 0.239 e. The summed E-state index contributed by atoms with van der Waals surface area (Å²) in [5.41, 5.74) is 8.35. The Bertz CT molecular complexity index is 448. The van der Waals surface area contributed by atoms with E-state index in [4.69, 9.17) is 17.3 Å². The fourth-order valence-electron chi connectivity index (χ4n) is 2.05. The molecule has 1 saturated heterocycles. The molecular formula is C12H16ClN3O. The molecule has 2 rings (SSSR count). The number of benzene rings is 1. The van der Waals surface area contributed by atoms with Gasteiger partial charge in [-0.15, -0.1) is 0 Å². The molecule has 1 aromatic rings. The minimum absolute atomic E-state index is 0.0508. The van der Waals surface area contributed by atoms with Crippen LogP contribution in [0.25, 0.3) is 0 Å². The molecule has 1 aliphatic rings. The number of hydrogen-bond donors (Lipinski definition) is 2. The van der Waals surface area contributed by atoms with E-state index in [2.05, 4.69) is 5.32 Å². The zero-order chi connectivity index (χ0) is 12.4. The number of carbonyl (C=O) groups excluding carboxylic acids is 1. The van der Waals surface area contributed by atoms with Crippen molar-refractivity contribution in [2.45, 2.75) is 13.3 Å². The van der Waals surface area contributed by atoms with Gasteiger partial charge < -0.3 is 16.0 Å². The van der Waals surface area contributed by atoms with Crippen LogP contribution in [-0.2, 0) is 4.79 Å². The van der Waals surface area contributed by atoms with Crippen molar-refractivity contribution in [3.05, 3.63) is 22.7 Å². The highest BCUT2D eigenvalue weighted by molar-refractivity contribution is 6.33. The fourth-order valence-corrected chi connectivity index (χ4v) is 2.20. The van der Waals surface area contributed by atoms with Gasteiger partial charge in [0.1, 0.15) is 0 Å². The monoisotopic (exact) mass is 253 g/mol. The molecule has 3 N–H and O–H groups in total. The molecule has 1 aromatic carbocycles. The molecule has 0 atom stereocenters. The largest absolute Gasteiger partial charge is 0.398 e. The van der Waals surface area contributed by atoms with E-state index in [-0.39, 0.29) is 5.91 Å². The van der Waals surface area contributed by atoms with E-state index in [1.165, 1.54) is 0 Å². The van der Waals surface area contributed by atoms with Gasteiger partial charge in [-0.1, -0.05) is 11.6 Å². The number of halogens is 1. The highest BCUT2D eigenvalue weighted by Crippen LogP contribution is 2.29. The molecule has 0 saturated carbocycles. The Labute approximate surface area is 106 Å². The van der Waals surface area contributed by atoms with Crippen molar-refractivity contribution in [1.29, 1.82) is 0 Å². The highest BCUT2D eigenvalue weighted by Gasteiger charge is 2.17. The van der Waals surface area contributed by atoms with Gasteiger partial charge in [-0.25, -0.2) is 0 Å². The summed E-state index contributed by atoms with van der Waals surface area (Å²) >= 11 is 6.03. The predicted octanol–water partition coefficient (Wildman–Crippen LogP) is 1.56. The van der Waals surface area contributed by atoms with Gasteiger partial charge in [0, 0.05) is 18.8 Å². The maximum absolute atomic E-state index is 11.5. The van der Waals surface area contributed by atoms with Crippen LogP contribution in [0.5, 0.6) is 0 Å². The van der Waals surface area contributed by atoms with Crippen LogP contribution < -0.4 is 16.0 Å². The Hall–Kier alpha value is -1.42. The average Bonchev–Trinajstić information content (AvgIpc) is 2.48. The maximum atomic E-state index is 11.5. The van der Waals surface area contributed by atoms with Gasteiger partial charge in [0.05, 0.1) is 17.3 Å². The molecule has 92 valence electrons. The summed E-state index contributed by atoms with van der Waals surface area (Å²) in [6.07, 6.45) is 0.938. The molecule has 0 bridgehead atoms. The number of aryl methyl sites for hydroxylation is 1. The predicted molar refractivity (Wildman–Crippen MR) is 70.4 cm³/mol. The first-order valence-electron chi connectivity index (χ1n) is 5.65. The number of carbonyl (C=O) groups is 1. The number of nitrogens with zero attached hydrogens (tertiary/aromatic N) is 1. The second kappa shape index (κ2) is 4.84. The third-order valence-electron chi connectivity index (χ3n) is 2.92. The van der Waals surface area contributed by atoms with E-state index in [0.717, 1.165) is 30.8 Å². The first-order valence-corrected chi connectivity index (χ1v) is 6.03. The molecule has 0 aromatic heterocycles. The van der Waals surface area contributed by atoms with Crippen molar-refractivity contribution in [3.63, 3.8) is 0 Å². The van der Waals surface area contributed by atoms with Crippen molar-refractivity contribution in [2.75, 3.05) is 30.3 Å². The molecule has 0 unspecified atom stereocenters. The van der Waals surface area contributed by atoms with Gasteiger partial charge in [0.25, 0.3) is 0 Å². The molecule has 0 radical (unpaired) electrons. The van der Waals surface area contributed by atoms with Gasteiger partial charge in [-0.3, -0.25) is 4.79 Å². The zero-order valence-corrected chi connectivity index (χ0v) is 10.5. The average molecular weight is 254 g/mol. The minimum atomic E-state index is 0.0508. The van der Waals surface area contributed by atoms with Crippen molar-refractivity contribution >= 4 is 28.9 Å². The van der Waals surface area contributed by atoms with Crippen LogP contribution in [0.3, 0.4) is 0 Å². The van der Waals surface area contributed by atoms with Gasteiger partial charge in [0.2, 0.25) is 5.91 Å². The second-order valence-electron chi connectivity index (χ2n) is 4.29. The van der Waals surface area contributed by atoms with Gasteiger partial charge in [-0.05, 0) is 31.0 Å². The van der Waals surface area contributed by atoms with Crippen LogP contribution in [0.15, 0.2) is 12.1 Å². The summed E-state index contributed by atoms with van der Waals surface area (Å²) < 4.78 is 0. The lowest BCUT2D eigenvalue weighted by Crippen LogP contribution is -2.33. The van der Waals surface area contributed by atoms with E-state index < -0.39 is 0 Å². The van der Waals surface area contributed by atoms with Crippen LogP contribution in [0.1, 0.15) is 12.0 Å². The van der Waals surface area contributed by atoms with Crippen LogP contribution in [0, 0.1) is 6.92 Å². The van der Waals surface area contributed by atoms with Gasteiger partial charge in [-0.2, -0.15) is 0 Å². The van der Waals surface area contributed by atoms with E-state index >= 15 is 0 Å². The van der Waals surface area contributed by atoms with Crippen LogP contribution in [-0.4, -0.2) is 25.5 Å². The molecule has 4 nitrogen and oxygen atoms in total. The quantitative estimate of drug-likeness (QED) is 0.747. The second-order valence-corrected chi connectivity index (χ2v) is 4.69. The van der Waals surface area contributed by atoms with Crippen LogP contribution in [0.4, 0.5) is 11.4 Å². The molecule has 0 aliphatic carbocycles. The molecule has 0 spiro atoms. The van der Waals surface area contributed by atoms with Crippen LogP contribution >= 0.6 is 11.6 Å². The minimum Gasteiger partial charge on any atom is -0.398 e. The van der Waals surface area contributed by atoms with Crippen molar-refractivity contribution in [1.82, 2.24) is 5.32 Å². The summed E-state index contributed by atoms with van der Waals surface area (Å²) in [6.45, 7) is 3.93. The number of hydrogen-bond acceptors (Lipinski definition) is 3. The first-order chi connectivity index (χ1) is 8.08. The summed E-state index contributed by atoms with van der Waals surface area (Å²) in [6, 6.07) is 3.69. The van der Waals surface area contributed by atoms with E-state index in [0.29, 0.717) is 17.3 Å². The topological polar surface area (TPSA) is 58.4 Å². The lowest BCUT2D eigenvalue weighted by atomic mass is 10.1. The molecule has 1 amide bonds. The van der Waals surface area contributed by atoms with Crippen LogP contribution in [0.2, 0.25) is 5.02 Å². The van der Waals surface area contributed by atoms with E-state index in [1.807, 2.05) is 24.0 Å². The number of amides is 1. The Morgan fingerprint density at radius 1 is 1.47 bits per heavy atom. The molecule has 1 heterocycles. The molecule has 5 heteroatoms. The van der Waals surface area contributed by atoms with Crippen molar-refractivity contribution in [3.8, 4) is 0 Å². The maximum Gasteiger partial charge on any atom is 0.239 e. The lowest BCUT2D eigenvalue weighted by molar-refractivity contribution is -0.119. The third-order valence-corrected chi connectivity index (χ3v) is 3.24. The Balaban J connectivity index is 2.32. The van der Waals surface area contributed by atoms with Gasteiger partial charge >= 0.3 is 0 Å². The van der Waals surface area contributed by atoms with E-state index in [1.54, 1.807) is 0 Å². The van der Waals surface area contributed by atoms with E-state index in [9.17, 15) is 4.79 Å². The van der Waals surface area contributed by atoms with Crippen molar-refractivity contribution < 1.29 is 4.79 Å². The molecule has 1 fully saturated rings. The fraction of sp³-hybridized carbons (Fsp3) is 0.417. The molecule has 17 heavy (non-hydrogen) atoms. The Kier molecular flexibility index (Phi) is 3.43. The molecule has 1 aliphatic heterocycles. The number of nitrogens with two attached hydrogens (primary N) is 1. The summed E-state index contributed by atoms with van der Waals surface area (Å²) in [5, 5.41) is 3.39. The van der Waals surface area contributed by atoms with Gasteiger partial charge in [0.15, 0.2) is 0 Å². The van der Waals surface area contributed by atoms with Crippen molar-refractivity contribution in [2.24, 2.45) is 0 Å². The summed E-state index contributed by atoms with van der Waals surface area (Å²) in [7, 11) is 0. The number of anilines is 2. The Morgan fingerprint density at radius 3 is 3.00 bits per heavy atom. The lowest BCUT2D eigenvalue weighted by Gasteiger charge is -2.24. The number of nitrogen functional groups attached to an aromatic ring is 1. The number of rotatable bonds is 1. The zero-order valence-electron chi connectivity index (χ0n) is 9.79. The molecular weight excluding hydrogens is 238 g/mol. The third kappa shape index (κ3) is 2.64. The normalized spacial score (nSPS) is 16.6. The first kappa shape index (κ1) is 12.0. The highest BCUT2D eigenvalue weighted by atomic mass is 35.5. The summed E-state index contributed by atoms with van der Waals surface area (Å²) in [5.74, 6) is 0.0508. The summed E-state index contributed by atoms with van der Waals surface area (Å²) in [4.78, 5) is 13.6. The SMILES string of the molecule is Cc1cc(N)c(Cl)cc1N1CCCNC(=O)C1. The Morgan fingerprint density at radius 2 is 2.24 bits per heavy atom. The standard InChI is InChI=1S/C12H16ClN3O/c1-8-5-10(14)9(13)6-11(8)16-4-2-3-15-12(17)7-16/h5-6H,2-4,7,14H2,1H3,(H,15,17). The number of nitrogens with one attached hydrogen (secondary N) is 1.